The fourth-order valence-electron chi connectivity index (χ4n) is 1.85. The van der Waals surface area contributed by atoms with Crippen LogP contribution in [0.1, 0.15) is 36.0 Å². The molecule has 20 heavy (non-hydrogen) atoms. The van der Waals surface area contributed by atoms with Crippen LogP contribution in [0, 0.1) is 11.3 Å². The second kappa shape index (κ2) is 7.06. The van der Waals surface area contributed by atoms with Gasteiger partial charge in [-0.1, -0.05) is 26.0 Å². The summed E-state index contributed by atoms with van der Waals surface area (Å²) in [5, 5.41) is 11.6. The molecule has 0 aliphatic carbocycles. The summed E-state index contributed by atoms with van der Waals surface area (Å²) in [6.45, 7) is 4.96. The van der Waals surface area contributed by atoms with Crippen molar-refractivity contribution in [1.29, 1.82) is 5.26 Å². The van der Waals surface area contributed by atoms with Gasteiger partial charge >= 0.3 is 0 Å². The van der Waals surface area contributed by atoms with Crippen molar-refractivity contribution in [3.63, 3.8) is 0 Å². The summed E-state index contributed by atoms with van der Waals surface area (Å²) in [6.07, 6.45) is 1.16. The lowest BCUT2D eigenvalue weighted by Crippen LogP contribution is -2.02. The summed E-state index contributed by atoms with van der Waals surface area (Å²) in [5.74, 6) is 1.41. The van der Waals surface area contributed by atoms with Crippen LogP contribution in [0.5, 0.6) is 5.75 Å². The number of nitrogens with zero attached hydrogens (tertiary/aromatic N) is 2. The van der Waals surface area contributed by atoms with E-state index in [-0.39, 0.29) is 0 Å². The largest absolute Gasteiger partial charge is 0.493 e. The van der Waals surface area contributed by atoms with Crippen LogP contribution in [0.2, 0.25) is 0 Å². The monoisotopic (exact) mass is 286 g/mol. The number of hydrogen-bond acceptors (Lipinski definition) is 4. The SMILES string of the molecule is CC(C)c1cccc(OCCc2nc(CC#N)cs2)c1. The molecule has 0 bridgehead atoms. The van der Waals surface area contributed by atoms with Crippen LogP contribution >= 0.6 is 11.3 Å². The molecule has 104 valence electrons. The molecule has 2 rings (SSSR count). The molecule has 1 aromatic heterocycles. The van der Waals surface area contributed by atoms with Gasteiger partial charge in [-0.3, -0.25) is 0 Å². The minimum Gasteiger partial charge on any atom is -0.493 e. The number of benzene rings is 1. The van der Waals surface area contributed by atoms with E-state index in [4.69, 9.17) is 10.00 Å². The van der Waals surface area contributed by atoms with Gasteiger partial charge in [0.25, 0.3) is 0 Å². The van der Waals surface area contributed by atoms with Gasteiger partial charge in [0.05, 0.1) is 29.8 Å². The summed E-state index contributed by atoms with van der Waals surface area (Å²) in [4.78, 5) is 4.39. The lowest BCUT2D eigenvalue weighted by atomic mass is 10.0. The van der Waals surface area contributed by atoms with Crippen molar-refractivity contribution >= 4 is 11.3 Å². The Morgan fingerprint density at radius 1 is 1.40 bits per heavy atom. The molecule has 0 aliphatic rings. The molecule has 0 unspecified atom stereocenters. The first-order valence-corrected chi connectivity index (χ1v) is 7.60. The maximum absolute atomic E-state index is 8.61. The molecular formula is C16H18N2OS. The number of ether oxygens (including phenoxy) is 1. The van der Waals surface area contributed by atoms with E-state index in [0.29, 0.717) is 18.9 Å². The van der Waals surface area contributed by atoms with Crippen LogP contribution in [0.15, 0.2) is 29.6 Å². The standard InChI is InChI=1S/C16H18N2OS/c1-12(2)13-4-3-5-15(10-13)19-9-7-16-18-14(6-8-17)11-20-16/h3-5,10-12H,6-7,9H2,1-2H3. The van der Waals surface area contributed by atoms with E-state index in [2.05, 4.69) is 37.0 Å². The molecule has 0 saturated heterocycles. The van der Waals surface area contributed by atoms with E-state index in [0.717, 1.165) is 22.9 Å². The van der Waals surface area contributed by atoms with E-state index in [1.165, 1.54) is 5.56 Å². The lowest BCUT2D eigenvalue weighted by Gasteiger charge is -2.09. The zero-order valence-corrected chi connectivity index (χ0v) is 12.6. The number of hydrogen-bond donors (Lipinski definition) is 0. The van der Waals surface area contributed by atoms with Gasteiger partial charge in [-0.05, 0) is 23.6 Å². The number of aromatic nitrogens is 1. The van der Waals surface area contributed by atoms with Gasteiger partial charge in [-0.25, -0.2) is 4.98 Å². The van der Waals surface area contributed by atoms with Crippen LogP contribution < -0.4 is 4.74 Å². The van der Waals surface area contributed by atoms with Gasteiger partial charge in [0.15, 0.2) is 0 Å². The summed E-state index contributed by atoms with van der Waals surface area (Å²) >= 11 is 1.59. The van der Waals surface area contributed by atoms with Gasteiger partial charge in [-0.2, -0.15) is 5.26 Å². The van der Waals surface area contributed by atoms with Crippen molar-refractivity contribution in [2.45, 2.75) is 32.6 Å². The van der Waals surface area contributed by atoms with Gasteiger partial charge in [0, 0.05) is 11.8 Å². The van der Waals surface area contributed by atoms with E-state index in [1.54, 1.807) is 11.3 Å². The molecule has 0 atom stereocenters. The molecule has 0 spiro atoms. The molecule has 0 fully saturated rings. The van der Waals surface area contributed by atoms with Crippen LogP contribution in [-0.4, -0.2) is 11.6 Å². The Kier molecular flexibility index (Phi) is 5.14. The predicted molar refractivity (Wildman–Crippen MR) is 81.2 cm³/mol. The Morgan fingerprint density at radius 3 is 3.00 bits per heavy atom. The molecule has 3 nitrogen and oxygen atoms in total. The molecule has 4 heteroatoms. The fraction of sp³-hybridized carbons (Fsp3) is 0.375. The van der Waals surface area contributed by atoms with E-state index < -0.39 is 0 Å². The normalized spacial score (nSPS) is 10.5. The quantitative estimate of drug-likeness (QED) is 0.807. The van der Waals surface area contributed by atoms with Crippen molar-refractivity contribution < 1.29 is 4.74 Å². The van der Waals surface area contributed by atoms with Gasteiger partial charge in [-0.15, -0.1) is 11.3 Å². The minimum atomic E-state index is 0.383. The Hall–Kier alpha value is -1.86. The summed E-state index contributed by atoms with van der Waals surface area (Å²) in [7, 11) is 0. The topological polar surface area (TPSA) is 45.9 Å². The maximum Gasteiger partial charge on any atom is 0.119 e. The van der Waals surface area contributed by atoms with Gasteiger partial charge < -0.3 is 4.74 Å². The lowest BCUT2D eigenvalue weighted by molar-refractivity contribution is 0.321. The van der Waals surface area contributed by atoms with Crippen molar-refractivity contribution in [1.82, 2.24) is 4.98 Å². The highest BCUT2D eigenvalue weighted by Gasteiger charge is 2.04. The second-order valence-electron chi connectivity index (χ2n) is 4.89. The Morgan fingerprint density at radius 2 is 2.25 bits per heavy atom. The van der Waals surface area contributed by atoms with Gasteiger partial charge in [0.1, 0.15) is 5.75 Å². The fourth-order valence-corrected chi connectivity index (χ4v) is 2.62. The van der Waals surface area contributed by atoms with Crippen LogP contribution in [-0.2, 0) is 12.8 Å². The third kappa shape index (κ3) is 4.07. The second-order valence-corrected chi connectivity index (χ2v) is 5.84. The first-order valence-electron chi connectivity index (χ1n) is 6.72. The molecule has 0 radical (unpaired) electrons. The maximum atomic E-state index is 8.61. The van der Waals surface area contributed by atoms with Crippen molar-refractivity contribution in [3.05, 3.63) is 45.9 Å². The summed E-state index contributed by atoms with van der Waals surface area (Å²) < 4.78 is 5.77. The molecule has 0 N–H and O–H groups in total. The molecule has 2 aromatic rings. The summed E-state index contributed by atoms with van der Waals surface area (Å²) in [5.41, 5.74) is 2.14. The van der Waals surface area contributed by atoms with Crippen LogP contribution in [0.4, 0.5) is 0 Å². The van der Waals surface area contributed by atoms with Crippen LogP contribution in [0.25, 0.3) is 0 Å². The third-order valence-electron chi connectivity index (χ3n) is 2.97. The Bertz CT molecular complexity index is 599. The smallest absolute Gasteiger partial charge is 0.119 e. The first kappa shape index (κ1) is 14.5. The molecule has 0 aliphatic heterocycles. The van der Waals surface area contributed by atoms with Crippen molar-refractivity contribution in [3.8, 4) is 11.8 Å². The molecule has 1 aromatic carbocycles. The zero-order valence-electron chi connectivity index (χ0n) is 11.8. The zero-order chi connectivity index (χ0) is 14.4. The number of thiazole rings is 1. The van der Waals surface area contributed by atoms with Crippen LogP contribution in [0.3, 0.4) is 0 Å². The van der Waals surface area contributed by atoms with E-state index >= 15 is 0 Å². The highest BCUT2D eigenvalue weighted by molar-refractivity contribution is 7.09. The minimum absolute atomic E-state index is 0.383. The Balaban J connectivity index is 1.86. The highest BCUT2D eigenvalue weighted by atomic mass is 32.1. The summed E-state index contributed by atoms with van der Waals surface area (Å²) in [6, 6.07) is 10.3. The molecule has 0 saturated carbocycles. The number of nitriles is 1. The molecule has 0 amide bonds. The van der Waals surface area contributed by atoms with Gasteiger partial charge in [0.2, 0.25) is 0 Å². The van der Waals surface area contributed by atoms with E-state index in [9.17, 15) is 0 Å². The average Bonchev–Trinajstić information content (AvgIpc) is 2.87. The molecular weight excluding hydrogens is 268 g/mol. The number of rotatable bonds is 6. The van der Waals surface area contributed by atoms with Crippen molar-refractivity contribution in [2.24, 2.45) is 0 Å². The average molecular weight is 286 g/mol. The first-order chi connectivity index (χ1) is 9.69. The molecule has 1 heterocycles. The Labute approximate surface area is 123 Å². The van der Waals surface area contributed by atoms with E-state index in [1.807, 2.05) is 17.5 Å². The third-order valence-corrected chi connectivity index (χ3v) is 3.93. The highest BCUT2D eigenvalue weighted by Crippen LogP contribution is 2.20. The predicted octanol–water partition coefficient (Wildman–Crippen LogP) is 3.95. The van der Waals surface area contributed by atoms with Crippen molar-refractivity contribution in [2.75, 3.05) is 6.61 Å².